The minimum absolute atomic E-state index is 0.284. The van der Waals surface area contributed by atoms with Crippen molar-refractivity contribution >= 4 is 0 Å². The van der Waals surface area contributed by atoms with Crippen molar-refractivity contribution in [2.75, 3.05) is 19.7 Å². The predicted molar refractivity (Wildman–Crippen MR) is 57.2 cm³/mol. The Morgan fingerprint density at radius 3 is 2.79 bits per heavy atom. The number of benzene rings is 1. The lowest BCUT2D eigenvalue weighted by atomic mass is 9.82. The van der Waals surface area contributed by atoms with E-state index in [2.05, 4.69) is 29.6 Å². The molecule has 0 aromatic heterocycles. The van der Waals surface area contributed by atoms with Gasteiger partial charge in [0, 0.05) is 19.1 Å². The monoisotopic (exact) mass is 191 g/mol. The molecular formula is C12H17NO. The summed E-state index contributed by atoms with van der Waals surface area (Å²) in [5.41, 5.74) is 1.37. The molecule has 1 fully saturated rings. The van der Waals surface area contributed by atoms with Crippen LogP contribution in [0.15, 0.2) is 30.3 Å². The first-order chi connectivity index (χ1) is 6.92. The molecule has 1 aromatic carbocycles. The molecule has 2 rings (SSSR count). The molecule has 1 aliphatic heterocycles. The number of aliphatic hydroxyl groups is 1. The van der Waals surface area contributed by atoms with E-state index in [1.807, 2.05) is 6.07 Å². The summed E-state index contributed by atoms with van der Waals surface area (Å²) in [6.45, 7) is 2.29. The predicted octanol–water partition coefficient (Wildman–Crippen LogP) is 1.37. The molecule has 2 atom stereocenters. The first-order valence-corrected chi connectivity index (χ1v) is 5.28. The van der Waals surface area contributed by atoms with Gasteiger partial charge in [0.2, 0.25) is 0 Å². The lowest BCUT2D eigenvalue weighted by molar-refractivity contribution is 0.179. The van der Waals surface area contributed by atoms with Crippen LogP contribution in [0.2, 0.25) is 0 Å². The van der Waals surface area contributed by atoms with Gasteiger partial charge in [-0.1, -0.05) is 30.3 Å². The summed E-state index contributed by atoms with van der Waals surface area (Å²) < 4.78 is 0. The average Bonchev–Trinajstić information content (AvgIpc) is 2.30. The number of rotatable bonds is 2. The van der Waals surface area contributed by atoms with Crippen LogP contribution in [0, 0.1) is 5.92 Å². The van der Waals surface area contributed by atoms with Gasteiger partial charge in [0.05, 0.1) is 0 Å². The van der Waals surface area contributed by atoms with E-state index in [-0.39, 0.29) is 6.61 Å². The molecule has 0 amide bonds. The van der Waals surface area contributed by atoms with Gasteiger partial charge in [0.25, 0.3) is 0 Å². The molecule has 0 unspecified atom stereocenters. The molecule has 2 heteroatoms. The molecule has 0 radical (unpaired) electrons. The van der Waals surface area contributed by atoms with Gasteiger partial charge in [0.1, 0.15) is 0 Å². The molecule has 1 aromatic rings. The van der Waals surface area contributed by atoms with Crippen LogP contribution in [-0.4, -0.2) is 24.8 Å². The molecule has 14 heavy (non-hydrogen) atoms. The molecule has 0 aliphatic carbocycles. The van der Waals surface area contributed by atoms with E-state index in [1.54, 1.807) is 0 Å². The van der Waals surface area contributed by atoms with Crippen LogP contribution in [0.4, 0.5) is 0 Å². The number of aliphatic hydroxyl groups excluding tert-OH is 1. The summed E-state index contributed by atoms with van der Waals surface area (Å²) >= 11 is 0. The number of hydrogen-bond acceptors (Lipinski definition) is 2. The summed E-state index contributed by atoms with van der Waals surface area (Å²) in [5.74, 6) is 0.911. The van der Waals surface area contributed by atoms with Gasteiger partial charge in [-0.3, -0.25) is 0 Å². The van der Waals surface area contributed by atoms with E-state index >= 15 is 0 Å². The van der Waals surface area contributed by atoms with Gasteiger partial charge < -0.3 is 10.4 Å². The van der Waals surface area contributed by atoms with Crippen molar-refractivity contribution in [3.63, 3.8) is 0 Å². The SMILES string of the molecule is OC[C@@H]1CNCC[C@H]1c1ccccc1. The number of nitrogens with one attached hydrogen (secondary N) is 1. The zero-order valence-electron chi connectivity index (χ0n) is 8.32. The fourth-order valence-electron chi connectivity index (χ4n) is 2.25. The van der Waals surface area contributed by atoms with E-state index in [1.165, 1.54) is 5.56 Å². The summed E-state index contributed by atoms with van der Waals surface area (Å²) in [6.07, 6.45) is 1.13. The third-order valence-corrected chi connectivity index (χ3v) is 3.07. The first-order valence-electron chi connectivity index (χ1n) is 5.28. The molecule has 0 saturated carbocycles. The van der Waals surface area contributed by atoms with E-state index in [0.717, 1.165) is 19.5 Å². The van der Waals surface area contributed by atoms with Crippen molar-refractivity contribution in [2.24, 2.45) is 5.92 Å². The topological polar surface area (TPSA) is 32.3 Å². The minimum Gasteiger partial charge on any atom is -0.396 e. The summed E-state index contributed by atoms with van der Waals surface area (Å²) in [6, 6.07) is 10.5. The van der Waals surface area contributed by atoms with Gasteiger partial charge in [-0.05, 0) is 24.4 Å². The molecular weight excluding hydrogens is 174 g/mol. The third-order valence-electron chi connectivity index (χ3n) is 3.07. The van der Waals surface area contributed by atoms with Gasteiger partial charge in [-0.15, -0.1) is 0 Å². The van der Waals surface area contributed by atoms with E-state index in [9.17, 15) is 5.11 Å². The highest BCUT2D eigenvalue weighted by Gasteiger charge is 2.25. The van der Waals surface area contributed by atoms with Crippen molar-refractivity contribution in [3.05, 3.63) is 35.9 Å². The van der Waals surface area contributed by atoms with Crippen LogP contribution in [0.3, 0.4) is 0 Å². The van der Waals surface area contributed by atoms with Crippen molar-refractivity contribution < 1.29 is 5.11 Å². The molecule has 0 spiro atoms. The highest BCUT2D eigenvalue weighted by molar-refractivity contribution is 5.21. The van der Waals surface area contributed by atoms with Crippen LogP contribution in [0.5, 0.6) is 0 Å². The highest BCUT2D eigenvalue weighted by atomic mass is 16.3. The smallest absolute Gasteiger partial charge is 0.0477 e. The van der Waals surface area contributed by atoms with Crippen molar-refractivity contribution in [1.29, 1.82) is 0 Å². The molecule has 1 saturated heterocycles. The second-order valence-corrected chi connectivity index (χ2v) is 3.95. The van der Waals surface area contributed by atoms with Gasteiger partial charge in [-0.2, -0.15) is 0 Å². The van der Waals surface area contributed by atoms with Crippen LogP contribution in [0.25, 0.3) is 0 Å². The van der Waals surface area contributed by atoms with E-state index in [0.29, 0.717) is 11.8 Å². The van der Waals surface area contributed by atoms with Gasteiger partial charge in [-0.25, -0.2) is 0 Å². The molecule has 76 valence electrons. The van der Waals surface area contributed by atoms with Crippen molar-refractivity contribution in [1.82, 2.24) is 5.32 Å². The lowest BCUT2D eigenvalue weighted by Crippen LogP contribution is -2.37. The molecule has 0 bridgehead atoms. The van der Waals surface area contributed by atoms with Crippen LogP contribution in [-0.2, 0) is 0 Å². The number of hydrogen-bond donors (Lipinski definition) is 2. The Morgan fingerprint density at radius 1 is 1.29 bits per heavy atom. The molecule has 1 heterocycles. The largest absolute Gasteiger partial charge is 0.396 e. The second kappa shape index (κ2) is 4.58. The highest BCUT2D eigenvalue weighted by Crippen LogP contribution is 2.29. The Balaban J connectivity index is 2.15. The van der Waals surface area contributed by atoms with Crippen molar-refractivity contribution in [3.8, 4) is 0 Å². The summed E-state index contributed by atoms with van der Waals surface area (Å²) in [7, 11) is 0. The van der Waals surface area contributed by atoms with Gasteiger partial charge in [0.15, 0.2) is 0 Å². The minimum atomic E-state index is 0.284. The van der Waals surface area contributed by atoms with Crippen molar-refractivity contribution in [2.45, 2.75) is 12.3 Å². The Kier molecular flexibility index (Phi) is 3.17. The standard InChI is InChI=1S/C12H17NO/c14-9-11-8-13-7-6-12(11)10-4-2-1-3-5-10/h1-5,11-14H,6-9H2/t11-,12-/m0/s1. The lowest BCUT2D eigenvalue weighted by Gasteiger charge is -2.31. The van der Waals surface area contributed by atoms with Crippen LogP contribution >= 0.6 is 0 Å². The summed E-state index contributed by atoms with van der Waals surface area (Å²) in [5, 5.41) is 12.6. The maximum absolute atomic E-state index is 9.28. The first kappa shape index (κ1) is 9.69. The fourth-order valence-corrected chi connectivity index (χ4v) is 2.25. The quantitative estimate of drug-likeness (QED) is 0.740. The maximum Gasteiger partial charge on any atom is 0.0477 e. The summed E-state index contributed by atoms with van der Waals surface area (Å²) in [4.78, 5) is 0. The Labute approximate surface area is 85.0 Å². The molecule has 2 N–H and O–H groups in total. The number of piperidine rings is 1. The maximum atomic E-state index is 9.28. The fraction of sp³-hybridized carbons (Fsp3) is 0.500. The van der Waals surface area contributed by atoms with Crippen LogP contribution < -0.4 is 5.32 Å². The van der Waals surface area contributed by atoms with E-state index < -0.39 is 0 Å². The van der Waals surface area contributed by atoms with Crippen LogP contribution in [0.1, 0.15) is 17.9 Å². The molecule has 1 aliphatic rings. The third kappa shape index (κ3) is 1.97. The van der Waals surface area contributed by atoms with Gasteiger partial charge >= 0.3 is 0 Å². The molecule has 2 nitrogen and oxygen atoms in total. The van der Waals surface area contributed by atoms with E-state index in [4.69, 9.17) is 0 Å². The Bertz CT molecular complexity index is 273. The zero-order chi connectivity index (χ0) is 9.80. The Hall–Kier alpha value is -0.860. The zero-order valence-corrected chi connectivity index (χ0v) is 8.32. The normalized spacial score (nSPS) is 27.5. The average molecular weight is 191 g/mol. The Morgan fingerprint density at radius 2 is 2.07 bits per heavy atom. The second-order valence-electron chi connectivity index (χ2n) is 3.95.